The first-order valence-corrected chi connectivity index (χ1v) is 6.78. The maximum Gasteiger partial charge on any atom is 0.200 e. The lowest BCUT2D eigenvalue weighted by Crippen LogP contribution is -2.25. The van der Waals surface area contributed by atoms with E-state index < -0.39 is 41.2 Å². The summed E-state index contributed by atoms with van der Waals surface area (Å²) in [6, 6.07) is 0. The molecule has 120 valence electrons. The van der Waals surface area contributed by atoms with E-state index >= 15 is 0 Å². The molecule has 0 amide bonds. The summed E-state index contributed by atoms with van der Waals surface area (Å²) in [5.41, 5.74) is -0.832. The molecule has 0 aromatic heterocycles. The minimum atomic E-state index is -2.13. The van der Waals surface area contributed by atoms with Crippen molar-refractivity contribution >= 4 is 0 Å². The van der Waals surface area contributed by atoms with Crippen LogP contribution in [-0.4, -0.2) is 19.6 Å². The first kappa shape index (κ1) is 17.8. The molecule has 2 N–H and O–H groups in total. The highest BCUT2D eigenvalue weighted by Crippen LogP contribution is 2.22. The number of hydrogen-bond donors (Lipinski definition) is 2. The van der Waals surface area contributed by atoms with Crippen LogP contribution in [0.15, 0.2) is 0 Å². The van der Waals surface area contributed by atoms with Crippen molar-refractivity contribution in [2.45, 2.75) is 26.8 Å². The zero-order valence-corrected chi connectivity index (χ0v) is 12.0. The van der Waals surface area contributed by atoms with Crippen LogP contribution in [-0.2, 0) is 6.54 Å². The topological polar surface area (TPSA) is 24.1 Å². The summed E-state index contributed by atoms with van der Waals surface area (Å²) in [4.78, 5) is 0. The van der Waals surface area contributed by atoms with Gasteiger partial charge in [-0.05, 0) is 32.0 Å². The summed E-state index contributed by atoms with van der Waals surface area (Å²) in [6.45, 7) is 5.70. The molecule has 1 rings (SSSR count). The third-order valence-electron chi connectivity index (χ3n) is 2.86. The van der Waals surface area contributed by atoms with Crippen molar-refractivity contribution in [2.24, 2.45) is 5.92 Å². The molecule has 0 atom stereocenters. The molecular weight excluding hydrogens is 291 g/mol. The van der Waals surface area contributed by atoms with Gasteiger partial charge in [0.2, 0.25) is 5.82 Å². The Hall–Kier alpha value is -1.21. The van der Waals surface area contributed by atoms with Gasteiger partial charge in [-0.15, -0.1) is 0 Å². The highest BCUT2D eigenvalue weighted by atomic mass is 19.2. The Balaban J connectivity index is 2.46. The molecule has 0 heterocycles. The van der Waals surface area contributed by atoms with E-state index in [1.165, 1.54) is 0 Å². The molecule has 0 aliphatic rings. The summed E-state index contributed by atoms with van der Waals surface area (Å²) < 4.78 is 65.4. The molecule has 0 aliphatic heterocycles. The van der Waals surface area contributed by atoms with Gasteiger partial charge in [-0.25, -0.2) is 22.0 Å². The summed E-state index contributed by atoms with van der Waals surface area (Å²) >= 11 is 0. The standard InChI is InChI=1S/C14H19F5N2/c1-8(2)6-20-4-3-5-21-7-9-10(15)12(17)14(19)13(18)11(9)16/h8,20-21H,3-7H2,1-2H3. The molecule has 21 heavy (non-hydrogen) atoms. The van der Waals surface area contributed by atoms with Gasteiger partial charge in [0.15, 0.2) is 23.3 Å². The lowest BCUT2D eigenvalue weighted by molar-refractivity contribution is 0.367. The largest absolute Gasteiger partial charge is 0.316 e. The van der Waals surface area contributed by atoms with E-state index in [4.69, 9.17) is 0 Å². The third kappa shape index (κ3) is 4.93. The number of halogens is 5. The van der Waals surface area contributed by atoms with Crippen molar-refractivity contribution in [1.82, 2.24) is 10.6 Å². The Labute approximate surface area is 120 Å². The van der Waals surface area contributed by atoms with Gasteiger partial charge in [-0.1, -0.05) is 13.8 Å². The molecule has 0 saturated carbocycles. The number of nitrogens with one attached hydrogen (secondary N) is 2. The fraction of sp³-hybridized carbons (Fsp3) is 0.571. The van der Waals surface area contributed by atoms with E-state index in [2.05, 4.69) is 24.5 Å². The Morgan fingerprint density at radius 1 is 0.762 bits per heavy atom. The van der Waals surface area contributed by atoms with E-state index in [1.807, 2.05) is 0 Å². The van der Waals surface area contributed by atoms with Crippen LogP contribution < -0.4 is 10.6 Å². The second kappa shape index (κ2) is 8.29. The molecule has 1 aromatic rings. The second-order valence-electron chi connectivity index (χ2n) is 5.18. The number of benzene rings is 1. The van der Waals surface area contributed by atoms with Gasteiger partial charge >= 0.3 is 0 Å². The third-order valence-corrected chi connectivity index (χ3v) is 2.86. The Kier molecular flexibility index (Phi) is 7.04. The maximum atomic E-state index is 13.3. The van der Waals surface area contributed by atoms with Crippen LogP contribution in [0.4, 0.5) is 22.0 Å². The summed E-state index contributed by atoms with van der Waals surface area (Å²) in [5, 5.41) is 5.84. The highest BCUT2D eigenvalue weighted by Gasteiger charge is 2.25. The first-order chi connectivity index (χ1) is 9.86. The lowest BCUT2D eigenvalue weighted by Gasteiger charge is -2.10. The van der Waals surface area contributed by atoms with Crippen LogP contribution in [0.25, 0.3) is 0 Å². The van der Waals surface area contributed by atoms with Crippen LogP contribution >= 0.6 is 0 Å². The minimum absolute atomic E-state index is 0.407. The van der Waals surface area contributed by atoms with Gasteiger partial charge < -0.3 is 10.6 Å². The number of hydrogen-bond acceptors (Lipinski definition) is 2. The summed E-state index contributed by atoms with van der Waals surface area (Å²) in [5.74, 6) is -9.00. The van der Waals surface area contributed by atoms with E-state index in [0.717, 1.165) is 6.54 Å². The lowest BCUT2D eigenvalue weighted by atomic mass is 10.1. The van der Waals surface area contributed by atoms with Crippen LogP contribution in [0.3, 0.4) is 0 Å². The molecule has 1 aromatic carbocycles. The van der Waals surface area contributed by atoms with Crippen molar-refractivity contribution in [3.8, 4) is 0 Å². The van der Waals surface area contributed by atoms with Crippen LogP contribution in [0.1, 0.15) is 25.8 Å². The molecule has 0 saturated heterocycles. The average molecular weight is 310 g/mol. The van der Waals surface area contributed by atoms with E-state index in [0.29, 0.717) is 25.4 Å². The summed E-state index contributed by atoms with van der Waals surface area (Å²) in [6.07, 6.45) is 0.683. The predicted molar refractivity (Wildman–Crippen MR) is 70.3 cm³/mol. The van der Waals surface area contributed by atoms with Crippen molar-refractivity contribution in [3.05, 3.63) is 34.6 Å². The summed E-state index contributed by atoms with van der Waals surface area (Å²) in [7, 11) is 0. The zero-order valence-electron chi connectivity index (χ0n) is 12.0. The van der Waals surface area contributed by atoms with Gasteiger partial charge in [-0.2, -0.15) is 0 Å². The van der Waals surface area contributed by atoms with Crippen LogP contribution in [0.2, 0.25) is 0 Å². The molecule has 0 bridgehead atoms. The fourth-order valence-corrected chi connectivity index (χ4v) is 1.75. The maximum absolute atomic E-state index is 13.3. The Morgan fingerprint density at radius 2 is 1.24 bits per heavy atom. The first-order valence-electron chi connectivity index (χ1n) is 6.78. The second-order valence-corrected chi connectivity index (χ2v) is 5.18. The van der Waals surface area contributed by atoms with Crippen molar-refractivity contribution in [3.63, 3.8) is 0 Å². The van der Waals surface area contributed by atoms with Gasteiger partial charge in [-0.3, -0.25) is 0 Å². The van der Waals surface area contributed by atoms with Crippen molar-refractivity contribution in [1.29, 1.82) is 0 Å². The normalized spacial score (nSPS) is 11.4. The zero-order chi connectivity index (χ0) is 16.0. The van der Waals surface area contributed by atoms with Crippen molar-refractivity contribution in [2.75, 3.05) is 19.6 Å². The smallest absolute Gasteiger partial charge is 0.200 e. The molecule has 0 unspecified atom stereocenters. The fourth-order valence-electron chi connectivity index (χ4n) is 1.75. The minimum Gasteiger partial charge on any atom is -0.316 e. The monoisotopic (exact) mass is 310 g/mol. The number of rotatable bonds is 8. The molecular formula is C14H19F5N2. The molecule has 0 aliphatic carbocycles. The van der Waals surface area contributed by atoms with E-state index in [9.17, 15) is 22.0 Å². The van der Waals surface area contributed by atoms with Gasteiger partial charge in [0, 0.05) is 12.1 Å². The Morgan fingerprint density at radius 3 is 1.76 bits per heavy atom. The van der Waals surface area contributed by atoms with Crippen LogP contribution in [0.5, 0.6) is 0 Å². The molecule has 7 heteroatoms. The quantitative estimate of drug-likeness (QED) is 0.334. The van der Waals surface area contributed by atoms with E-state index in [-0.39, 0.29) is 0 Å². The average Bonchev–Trinajstić information content (AvgIpc) is 2.45. The Bertz CT molecular complexity index is 448. The van der Waals surface area contributed by atoms with Crippen molar-refractivity contribution < 1.29 is 22.0 Å². The predicted octanol–water partition coefficient (Wildman–Crippen LogP) is 3.11. The molecule has 0 radical (unpaired) electrons. The van der Waals surface area contributed by atoms with Gasteiger partial charge in [0.1, 0.15) is 0 Å². The highest BCUT2D eigenvalue weighted by molar-refractivity contribution is 5.23. The van der Waals surface area contributed by atoms with Crippen LogP contribution in [0, 0.1) is 35.0 Å². The molecule has 0 fully saturated rings. The molecule has 2 nitrogen and oxygen atoms in total. The van der Waals surface area contributed by atoms with Gasteiger partial charge in [0.25, 0.3) is 0 Å². The SMILES string of the molecule is CC(C)CNCCCNCc1c(F)c(F)c(F)c(F)c1F. The van der Waals surface area contributed by atoms with Gasteiger partial charge in [0.05, 0.1) is 0 Å². The van der Waals surface area contributed by atoms with E-state index in [1.54, 1.807) is 0 Å². The molecule has 0 spiro atoms.